The van der Waals surface area contributed by atoms with Gasteiger partial charge in [-0.3, -0.25) is 4.90 Å². The molecule has 0 spiro atoms. The number of hydrogen-bond donors (Lipinski definition) is 0. The van der Waals surface area contributed by atoms with Crippen molar-refractivity contribution in [3.63, 3.8) is 0 Å². The predicted molar refractivity (Wildman–Crippen MR) is 104 cm³/mol. The number of rotatable bonds is 7. The molecule has 25 heavy (non-hydrogen) atoms. The lowest BCUT2D eigenvalue weighted by molar-refractivity contribution is 0.0926. The van der Waals surface area contributed by atoms with E-state index in [0.717, 1.165) is 61.0 Å². The molecule has 1 fully saturated rings. The molecule has 0 saturated carbocycles. The molecule has 2 heterocycles. The van der Waals surface area contributed by atoms with Crippen molar-refractivity contribution in [1.82, 2.24) is 15.1 Å². The highest BCUT2D eigenvalue weighted by molar-refractivity contribution is 7.15. The van der Waals surface area contributed by atoms with E-state index < -0.39 is 0 Å². The summed E-state index contributed by atoms with van der Waals surface area (Å²) in [5, 5.41) is 11.6. The molecule has 136 valence electrons. The van der Waals surface area contributed by atoms with E-state index in [1.54, 1.807) is 11.3 Å². The van der Waals surface area contributed by atoms with Gasteiger partial charge in [-0.25, -0.2) is 0 Å². The van der Waals surface area contributed by atoms with Gasteiger partial charge < -0.3 is 9.64 Å². The Kier molecular flexibility index (Phi) is 6.64. The molecule has 1 aliphatic heterocycles. The minimum absolute atomic E-state index is 0.498. The molecular weight excluding hydrogens is 356 g/mol. The molecule has 1 unspecified atom stereocenters. The average molecular weight is 381 g/mol. The Labute approximate surface area is 158 Å². The van der Waals surface area contributed by atoms with Gasteiger partial charge in [0, 0.05) is 50.3 Å². The van der Waals surface area contributed by atoms with Crippen LogP contribution in [-0.4, -0.2) is 60.5 Å². The van der Waals surface area contributed by atoms with E-state index in [2.05, 4.69) is 26.9 Å². The summed E-state index contributed by atoms with van der Waals surface area (Å²) in [6, 6.07) is 8.42. The van der Waals surface area contributed by atoms with Crippen molar-refractivity contribution in [3.8, 4) is 0 Å². The molecule has 3 rings (SSSR count). The fourth-order valence-corrected chi connectivity index (χ4v) is 4.08. The van der Waals surface area contributed by atoms with E-state index in [4.69, 9.17) is 16.3 Å². The summed E-state index contributed by atoms with van der Waals surface area (Å²) in [6.07, 6.45) is 0.804. The molecule has 2 aromatic rings. The van der Waals surface area contributed by atoms with Crippen molar-refractivity contribution in [3.05, 3.63) is 39.9 Å². The zero-order valence-electron chi connectivity index (χ0n) is 14.8. The van der Waals surface area contributed by atoms with Crippen LogP contribution in [0.2, 0.25) is 5.02 Å². The van der Waals surface area contributed by atoms with E-state index in [0.29, 0.717) is 6.04 Å². The predicted octanol–water partition coefficient (Wildman–Crippen LogP) is 3.33. The fourth-order valence-electron chi connectivity index (χ4n) is 3.05. The summed E-state index contributed by atoms with van der Waals surface area (Å²) in [6.45, 7) is 9.93. The van der Waals surface area contributed by atoms with E-state index in [1.165, 1.54) is 5.56 Å². The number of hydrogen-bond acceptors (Lipinski definition) is 6. The Bertz CT molecular complexity index is 663. The van der Waals surface area contributed by atoms with E-state index >= 15 is 0 Å². The molecule has 1 saturated heterocycles. The number of benzene rings is 1. The number of anilines is 1. The highest BCUT2D eigenvalue weighted by atomic mass is 35.5. The van der Waals surface area contributed by atoms with Crippen LogP contribution in [0.25, 0.3) is 0 Å². The second-order valence-corrected chi connectivity index (χ2v) is 7.79. The fraction of sp³-hybridized carbons (Fsp3) is 0.556. The molecule has 1 aromatic heterocycles. The number of ether oxygens (including phenoxy) is 1. The third kappa shape index (κ3) is 5.14. The quantitative estimate of drug-likeness (QED) is 0.689. The molecule has 1 atom stereocenters. The van der Waals surface area contributed by atoms with Gasteiger partial charge in [-0.1, -0.05) is 35.1 Å². The van der Waals surface area contributed by atoms with Gasteiger partial charge in [0.25, 0.3) is 0 Å². The maximum Gasteiger partial charge on any atom is 0.208 e. The number of halogens is 1. The van der Waals surface area contributed by atoms with Crippen molar-refractivity contribution < 1.29 is 4.74 Å². The lowest BCUT2D eigenvalue weighted by atomic mass is 10.2. The van der Waals surface area contributed by atoms with Gasteiger partial charge in [0.15, 0.2) is 0 Å². The van der Waals surface area contributed by atoms with Crippen molar-refractivity contribution in [2.24, 2.45) is 0 Å². The molecule has 0 N–H and O–H groups in total. The van der Waals surface area contributed by atoms with Crippen LogP contribution in [0, 0.1) is 0 Å². The standard InChI is InChI=1S/C18H25ClN4OS/c1-3-24-11-10-22-8-9-23(13-14(22)2)18-21-20-17(25-18)12-15-4-6-16(19)7-5-15/h4-7,14H,3,8-13H2,1-2H3. The third-order valence-corrected chi connectivity index (χ3v) is 5.72. The van der Waals surface area contributed by atoms with Gasteiger partial charge >= 0.3 is 0 Å². The van der Waals surface area contributed by atoms with Crippen LogP contribution >= 0.6 is 22.9 Å². The van der Waals surface area contributed by atoms with Crippen LogP contribution in [0.4, 0.5) is 5.13 Å². The molecule has 0 bridgehead atoms. The van der Waals surface area contributed by atoms with E-state index in [9.17, 15) is 0 Å². The topological polar surface area (TPSA) is 41.5 Å². The highest BCUT2D eigenvalue weighted by Crippen LogP contribution is 2.25. The van der Waals surface area contributed by atoms with Crippen LogP contribution in [-0.2, 0) is 11.2 Å². The first-order valence-electron chi connectivity index (χ1n) is 8.79. The van der Waals surface area contributed by atoms with E-state index in [1.807, 2.05) is 31.2 Å². The second-order valence-electron chi connectivity index (χ2n) is 6.31. The minimum Gasteiger partial charge on any atom is -0.380 e. The van der Waals surface area contributed by atoms with Gasteiger partial charge in [0.2, 0.25) is 5.13 Å². The van der Waals surface area contributed by atoms with Gasteiger partial charge in [0.1, 0.15) is 5.01 Å². The summed E-state index contributed by atoms with van der Waals surface area (Å²) in [7, 11) is 0. The van der Waals surface area contributed by atoms with Gasteiger partial charge in [-0.15, -0.1) is 10.2 Å². The molecule has 0 radical (unpaired) electrons. The van der Waals surface area contributed by atoms with Crippen LogP contribution in [0.15, 0.2) is 24.3 Å². The van der Waals surface area contributed by atoms with Crippen molar-refractivity contribution in [2.75, 3.05) is 44.3 Å². The van der Waals surface area contributed by atoms with Gasteiger partial charge in [-0.05, 0) is 31.5 Å². The summed E-state index contributed by atoms with van der Waals surface area (Å²) in [4.78, 5) is 4.84. The second kappa shape index (κ2) is 8.94. The average Bonchev–Trinajstić information content (AvgIpc) is 3.07. The Balaban J connectivity index is 1.55. The minimum atomic E-state index is 0.498. The Morgan fingerprint density at radius 1 is 1.24 bits per heavy atom. The first-order valence-corrected chi connectivity index (χ1v) is 9.98. The van der Waals surface area contributed by atoms with Crippen molar-refractivity contribution >= 4 is 28.1 Å². The molecule has 7 heteroatoms. The van der Waals surface area contributed by atoms with Crippen LogP contribution in [0.1, 0.15) is 24.4 Å². The molecule has 1 aliphatic rings. The molecule has 0 amide bonds. The summed E-state index contributed by atoms with van der Waals surface area (Å²) in [5.41, 5.74) is 1.21. The van der Waals surface area contributed by atoms with Crippen molar-refractivity contribution in [1.29, 1.82) is 0 Å². The zero-order valence-corrected chi connectivity index (χ0v) is 16.4. The Hall–Kier alpha value is -1.21. The molecule has 1 aromatic carbocycles. The first kappa shape index (κ1) is 18.6. The van der Waals surface area contributed by atoms with Crippen LogP contribution in [0.3, 0.4) is 0 Å². The van der Waals surface area contributed by atoms with Crippen LogP contribution < -0.4 is 4.90 Å². The smallest absolute Gasteiger partial charge is 0.208 e. The monoisotopic (exact) mass is 380 g/mol. The molecular formula is C18H25ClN4OS. The molecule has 5 nitrogen and oxygen atoms in total. The van der Waals surface area contributed by atoms with Gasteiger partial charge in [-0.2, -0.15) is 0 Å². The first-order chi connectivity index (χ1) is 12.2. The lowest BCUT2D eigenvalue weighted by Gasteiger charge is -2.39. The maximum absolute atomic E-state index is 5.94. The number of aromatic nitrogens is 2. The zero-order chi connectivity index (χ0) is 17.6. The Morgan fingerprint density at radius 3 is 2.76 bits per heavy atom. The number of nitrogens with zero attached hydrogens (tertiary/aromatic N) is 4. The Morgan fingerprint density at radius 2 is 2.04 bits per heavy atom. The largest absolute Gasteiger partial charge is 0.380 e. The molecule has 0 aliphatic carbocycles. The SMILES string of the molecule is CCOCCN1CCN(c2nnc(Cc3ccc(Cl)cc3)s2)CC1C. The summed E-state index contributed by atoms with van der Waals surface area (Å²) in [5.74, 6) is 0. The van der Waals surface area contributed by atoms with Crippen molar-refractivity contribution in [2.45, 2.75) is 26.3 Å². The van der Waals surface area contributed by atoms with E-state index in [-0.39, 0.29) is 0 Å². The summed E-state index contributed by atoms with van der Waals surface area (Å²) < 4.78 is 5.48. The lowest BCUT2D eigenvalue weighted by Crippen LogP contribution is -2.52. The third-order valence-electron chi connectivity index (χ3n) is 4.49. The summed E-state index contributed by atoms with van der Waals surface area (Å²) >= 11 is 7.63. The maximum atomic E-state index is 5.94. The number of piperazine rings is 1. The van der Waals surface area contributed by atoms with Crippen LogP contribution in [0.5, 0.6) is 0 Å². The normalized spacial score (nSPS) is 18.7. The van der Waals surface area contributed by atoms with Gasteiger partial charge in [0.05, 0.1) is 6.61 Å². The highest BCUT2D eigenvalue weighted by Gasteiger charge is 2.25.